The van der Waals surface area contributed by atoms with Crippen LogP contribution in [0.3, 0.4) is 0 Å². The number of aromatic amines is 1. The normalized spacial score (nSPS) is 10.2. The molecule has 0 atom stereocenters. The van der Waals surface area contributed by atoms with Gasteiger partial charge >= 0.3 is 0 Å². The maximum atomic E-state index is 11.9. The monoisotopic (exact) mass is 249 g/mol. The summed E-state index contributed by atoms with van der Waals surface area (Å²) in [6.07, 6.45) is 1.66. The molecule has 2 N–H and O–H groups in total. The fourth-order valence-electron chi connectivity index (χ4n) is 1.45. The molecule has 1 amide bonds. The van der Waals surface area contributed by atoms with Crippen LogP contribution in [0.1, 0.15) is 21.5 Å². The number of hydrogen-bond donors (Lipinski definition) is 2. The second kappa shape index (κ2) is 5.01. The minimum Gasteiger partial charge on any atom is -0.307 e. The highest BCUT2D eigenvalue weighted by atomic mass is 35.5. The number of carbonyl (C=O) groups is 1. The SMILES string of the molecule is Cc1cn[nH]c1NC(=O)c1cccc(CCl)c1. The fourth-order valence-corrected chi connectivity index (χ4v) is 1.62. The van der Waals surface area contributed by atoms with Crippen molar-refractivity contribution in [3.8, 4) is 0 Å². The van der Waals surface area contributed by atoms with E-state index in [4.69, 9.17) is 11.6 Å². The van der Waals surface area contributed by atoms with E-state index in [-0.39, 0.29) is 5.91 Å². The molecule has 1 aromatic carbocycles. The molecular weight excluding hydrogens is 238 g/mol. The van der Waals surface area contributed by atoms with E-state index in [1.165, 1.54) is 0 Å². The van der Waals surface area contributed by atoms with Crippen molar-refractivity contribution in [1.29, 1.82) is 0 Å². The zero-order valence-electron chi connectivity index (χ0n) is 9.33. The molecule has 0 bridgehead atoms. The van der Waals surface area contributed by atoms with Crippen molar-refractivity contribution in [2.45, 2.75) is 12.8 Å². The van der Waals surface area contributed by atoms with Gasteiger partial charge in [-0.3, -0.25) is 9.89 Å². The predicted molar refractivity (Wildman–Crippen MR) is 67.3 cm³/mol. The lowest BCUT2D eigenvalue weighted by Gasteiger charge is -2.04. The highest BCUT2D eigenvalue weighted by Gasteiger charge is 2.08. The van der Waals surface area contributed by atoms with Crippen molar-refractivity contribution in [3.05, 3.63) is 47.2 Å². The molecule has 0 aliphatic rings. The maximum absolute atomic E-state index is 11.9. The summed E-state index contributed by atoms with van der Waals surface area (Å²) in [7, 11) is 0. The summed E-state index contributed by atoms with van der Waals surface area (Å²) < 4.78 is 0. The number of rotatable bonds is 3. The Hall–Kier alpha value is -1.81. The Morgan fingerprint density at radius 1 is 1.53 bits per heavy atom. The number of halogens is 1. The highest BCUT2D eigenvalue weighted by Crippen LogP contribution is 2.12. The van der Waals surface area contributed by atoms with Crippen LogP contribution in [0, 0.1) is 6.92 Å². The molecule has 1 aromatic heterocycles. The second-order valence-electron chi connectivity index (χ2n) is 3.72. The molecule has 0 aliphatic carbocycles. The zero-order chi connectivity index (χ0) is 12.3. The van der Waals surface area contributed by atoms with E-state index < -0.39 is 0 Å². The maximum Gasteiger partial charge on any atom is 0.256 e. The quantitative estimate of drug-likeness (QED) is 0.822. The van der Waals surface area contributed by atoms with Gasteiger partial charge in [0.2, 0.25) is 0 Å². The Labute approximate surface area is 104 Å². The van der Waals surface area contributed by atoms with Crippen LogP contribution in [-0.2, 0) is 5.88 Å². The number of anilines is 1. The summed E-state index contributed by atoms with van der Waals surface area (Å²) in [5.41, 5.74) is 2.39. The standard InChI is InChI=1S/C12H12ClN3O/c1-8-7-14-16-11(8)15-12(17)10-4-2-3-9(5-10)6-13/h2-5,7H,6H2,1H3,(H2,14,15,16,17). The predicted octanol–water partition coefficient (Wildman–Crippen LogP) is 2.71. The molecule has 2 aromatic rings. The van der Waals surface area contributed by atoms with Crippen LogP contribution in [0.15, 0.2) is 30.5 Å². The molecule has 17 heavy (non-hydrogen) atoms. The van der Waals surface area contributed by atoms with Crippen LogP contribution in [0.5, 0.6) is 0 Å². The first kappa shape index (κ1) is 11.7. The van der Waals surface area contributed by atoms with Gasteiger partial charge in [0, 0.05) is 17.0 Å². The van der Waals surface area contributed by atoms with E-state index in [1.807, 2.05) is 19.1 Å². The Balaban J connectivity index is 2.17. The molecule has 88 valence electrons. The zero-order valence-corrected chi connectivity index (χ0v) is 10.1. The summed E-state index contributed by atoms with van der Waals surface area (Å²) in [5, 5.41) is 9.33. The van der Waals surface area contributed by atoms with Gasteiger partial charge in [-0.05, 0) is 24.6 Å². The Kier molecular flexibility index (Phi) is 3.44. The Morgan fingerprint density at radius 2 is 2.35 bits per heavy atom. The van der Waals surface area contributed by atoms with Gasteiger partial charge < -0.3 is 5.32 Å². The van der Waals surface area contributed by atoms with Crippen LogP contribution in [0.25, 0.3) is 0 Å². The number of hydrogen-bond acceptors (Lipinski definition) is 2. The van der Waals surface area contributed by atoms with Crippen molar-refractivity contribution in [1.82, 2.24) is 10.2 Å². The first-order chi connectivity index (χ1) is 8.20. The third kappa shape index (κ3) is 2.65. The lowest BCUT2D eigenvalue weighted by Crippen LogP contribution is -2.13. The average Bonchev–Trinajstić information content (AvgIpc) is 2.75. The molecule has 2 rings (SSSR count). The number of amides is 1. The molecule has 0 radical (unpaired) electrons. The summed E-state index contributed by atoms with van der Waals surface area (Å²) in [5.74, 6) is 0.833. The molecule has 5 heteroatoms. The van der Waals surface area contributed by atoms with E-state index in [1.54, 1.807) is 18.3 Å². The van der Waals surface area contributed by atoms with Crippen molar-refractivity contribution < 1.29 is 4.79 Å². The summed E-state index contributed by atoms with van der Waals surface area (Å²) in [6.45, 7) is 1.87. The van der Waals surface area contributed by atoms with Crippen molar-refractivity contribution in [2.24, 2.45) is 0 Å². The van der Waals surface area contributed by atoms with Gasteiger partial charge in [-0.15, -0.1) is 11.6 Å². The third-order valence-electron chi connectivity index (χ3n) is 2.41. The first-order valence-electron chi connectivity index (χ1n) is 5.17. The summed E-state index contributed by atoms with van der Waals surface area (Å²) >= 11 is 5.72. The smallest absolute Gasteiger partial charge is 0.256 e. The van der Waals surface area contributed by atoms with Crippen LogP contribution >= 0.6 is 11.6 Å². The van der Waals surface area contributed by atoms with E-state index >= 15 is 0 Å². The number of H-pyrrole nitrogens is 1. The molecule has 1 heterocycles. The summed E-state index contributed by atoms with van der Waals surface area (Å²) in [6, 6.07) is 7.21. The lowest BCUT2D eigenvalue weighted by molar-refractivity contribution is 0.102. The average molecular weight is 250 g/mol. The molecular formula is C12H12ClN3O. The van der Waals surface area contributed by atoms with Crippen LogP contribution in [0.4, 0.5) is 5.82 Å². The molecule has 4 nitrogen and oxygen atoms in total. The number of aryl methyl sites for hydroxylation is 1. The van der Waals surface area contributed by atoms with E-state index in [0.717, 1.165) is 11.1 Å². The number of alkyl halides is 1. The van der Waals surface area contributed by atoms with Gasteiger partial charge in [0.25, 0.3) is 5.91 Å². The number of nitrogens with zero attached hydrogens (tertiary/aromatic N) is 1. The van der Waals surface area contributed by atoms with Gasteiger partial charge in [0.15, 0.2) is 0 Å². The lowest BCUT2D eigenvalue weighted by atomic mass is 10.1. The van der Waals surface area contributed by atoms with E-state index in [0.29, 0.717) is 17.3 Å². The molecule has 0 fully saturated rings. The van der Waals surface area contributed by atoms with E-state index in [9.17, 15) is 4.79 Å². The third-order valence-corrected chi connectivity index (χ3v) is 2.72. The minimum absolute atomic E-state index is 0.177. The van der Waals surface area contributed by atoms with Crippen molar-refractivity contribution in [3.63, 3.8) is 0 Å². The van der Waals surface area contributed by atoms with Gasteiger partial charge in [-0.2, -0.15) is 5.10 Å². The molecule has 0 saturated heterocycles. The van der Waals surface area contributed by atoms with Gasteiger partial charge in [-0.25, -0.2) is 0 Å². The topological polar surface area (TPSA) is 57.8 Å². The largest absolute Gasteiger partial charge is 0.307 e. The van der Waals surface area contributed by atoms with Crippen LogP contribution in [-0.4, -0.2) is 16.1 Å². The van der Waals surface area contributed by atoms with Crippen LogP contribution < -0.4 is 5.32 Å². The minimum atomic E-state index is -0.177. The van der Waals surface area contributed by atoms with Gasteiger partial charge in [-0.1, -0.05) is 12.1 Å². The first-order valence-corrected chi connectivity index (χ1v) is 5.70. The number of benzene rings is 1. The van der Waals surface area contributed by atoms with Crippen LogP contribution in [0.2, 0.25) is 0 Å². The van der Waals surface area contributed by atoms with Gasteiger partial charge in [0.1, 0.15) is 5.82 Å². The Bertz CT molecular complexity index is 536. The molecule has 0 spiro atoms. The highest BCUT2D eigenvalue weighted by molar-refractivity contribution is 6.17. The van der Waals surface area contributed by atoms with Crippen molar-refractivity contribution >= 4 is 23.3 Å². The fraction of sp³-hybridized carbons (Fsp3) is 0.167. The molecule has 0 aliphatic heterocycles. The number of carbonyl (C=O) groups excluding carboxylic acids is 1. The second-order valence-corrected chi connectivity index (χ2v) is 3.98. The van der Waals surface area contributed by atoms with E-state index in [2.05, 4.69) is 15.5 Å². The summed E-state index contributed by atoms with van der Waals surface area (Å²) in [4.78, 5) is 11.9. The number of aromatic nitrogens is 2. The molecule has 0 saturated carbocycles. The molecule has 0 unspecified atom stereocenters. The van der Waals surface area contributed by atoms with Crippen molar-refractivity contribution in [2.75, 3.05) is 5.32 Å². The number of nitrogens with one attached hydrogen (secondary N) is 2. The Morgan fingerprint density at radius 3 is 3.00 bits per heavy atom. The van der Waals surface area contributed by atoms with Gasteiger partial charge in [0.05, 0.1) is 6.20 Å².